The van der Waals surface area contributed by atoms with Gasteiger partial charge in [-0.15, -0.1) is 0 Å². The van der Waals surface area contributed by atoms with E-state index in [1.54, 1.807) is 39.8 Å². The summed E-state index contributed by atoms with van der Waals surface area (Å²) < 4.78 is 10.3. The lowest BCUT2D eigenvalue weighted by Gasteiger charge is -2.22. The second-order valence-electron chi connectivity index (χ2n) is 6.14. The first-order valence-electron chi connectivity index (χ1n) is 7.05. The topological polar surface area (TPSA) is 98.9 Å². The van der Waals surface area contributed by atoms with Crippen LogP contribution in [0.3, 0.4) is 0 Å². The first kappa shape index (κ1) is 18.0. The van der Waals surface area contributed by atoms with Gasteiger partial charge in [0.25, 0.3) is 0 Å². The summed E-state index contributed by atoms with van der Waals surface area (Å²) in [6, 6.07) is 6.02. The summed E-state index contributed by atoms with van der Waals surface area (Å²) >= 11 is 0. The molecule has 0 saturated heterocycles. The number of benzene rings is 1. The molecule has 1 aromatic rings. The number of hydrogen-bond donors (Lipinski definition) is 2. The van der Waals surface area contributed by atoms with Crippen LogP contribution in [0, 0.1) is 5.92 Å². The molecule has 1 aromatic carbocycles. The number of rotatable bonds is 5. The van der Waals surface area contributed by atoms with Gasteiger partial charge in [-0.25, -0.2) is 0 Å². The van der Waals surface area contributed by atoms with Crippen molar-refractivity contribution in [3.8, 4) is 5.75 Å². The molecule has 0 aromatic heterocycles. The first-order chi connectivity index (χ1) is 10.1. The number of phenolic OH excluding ortho intramolecular Hbond substituents is 1. The minimum absolute atomic E-state index is 0.0980. The van der Waals surface area contributed by atoms with Crippen molar-refractivity contribution in [2.45, 2.75) is 45.9 Å². The molecule has 0 heterocycles. The van der Waals surface area contributed by atoms with E-state index >= 15 is 0 Å². The van der Waals surface area contributed by atoms with Crippen LogP contribution in [-0.4, -0.2) is 22.6 Å². The van der Waals surface area contributed by atoms with Crippen LogP contribution < -0.4 is 5.73 Å². The van der Waals surface area contributed by atoms with Gasteiger partial charge in [0.2, 0.25) is 0 Å². The van der Waals surface area contributed by atoms with E-state index < -0.39 is 29.7 Å². The summed E-state index contributed by atoms with van der Waals surface area (Å²) in [5.74, 6) is -1.55. The van der Waals surface area contributed by atoms with Crippen LogP contribution in [0.2, 0.25) is 0 Å². The molecule has 0 bridgehead atoms. The minimum atomic E-state index is -0.945. The Bertz CT molecular complexity index is 518. The quantitative estimate of drug-likeness (QED) is 0.639. The highest BCUT2D eigenvalue weighted by molar-refractivity contribution is 5.80. The zero-order valence-corrected chi connectivity index (χ0v) is 13.3. The molecule has 3 N–H and O–H groups in total. The third-order valence-electron chi connectivity index (χ3n) is 2.76. The van der Waals surface area contributed by atoms with Crippen LogP contribution in [0.15, 0.2) is 24.3 Å². The van der Waals surface area contributed by atoms with E-state index in [4.69, 9.17) is 15.2 Å². The van der Waals surface area contributed by atoms with Crippen LogP contribution in [0.25, 0.3) is 0 Å². The molecule has 0 fully saturated rings. The lowest BCUT2D eigenvalue weighted by Crippen LogP contribution is -2.29. The number of phenols is 1. The van der Waals surface area contributed by atoms with Crippen molar-refractivity contribution in [1.82, 2.24) is 0 Å². The summed E-state index contributed by atoms with van der Waals surface area (Å²) in [5.41, 5.74) is 5.71. The largest absolute Gasteiger partial charge is 0.508 e. The number of hydrogen-bond acceptors (Lipinski definition) is 6. The Hall–Kier alpha value is -2.08. The maximum absolute atomic E-state index is 11.8. The van der Waals surface area contributed by atoms with Crippen LogP contribution >= 0.6 is 0 Å². The number of ether oxygens (including phenoxy) is 2. The molecule has 0 saturated carbocycles. The standard InChI is InChI=1S/C16H23NO5/c1-10(15(20)22-16(2,3)4)9-13(19)21-14(17)11-5-7-12(18)8-6-11/h5-8,10,14,18H,9,17H2,1-4H3. The number of aromatic hydroxyl groups is 1. The van der Waals surface area contributed by atoms with Gasteiger partial charge in [-0.2, -0.15) is 0 Å². The highest BCUT2D eigenvalue weighted by atomic mass is 16.6. The van der Waals surface area contributed by atoms with Gasteiger partial charge >= 0.3 is 11.9 Å². The zero-order valence-electron chi connectivity index (χ0n) is 13.3. The van der Waals surface area contributed by atoms with Crippen molar-refractivity contribution in [3.05, 3.63) is 29.8 Å². The van der Waals surface area contributed by atoms with Crippen molar-refractivity contribution < 1.29 is 24.2 Å². The third kappa shape index (κ3) is 6.13. The number of nitrogens with two attached hydrogens (primary N) is 1. The second kappa shape index (κ2) is 7.26. The van der Waals surface area contributed by atoms with Gasteiger partial charge in [-0.05, 0) is 32.9 Å². The molecule has 6 nitrogen and oxygen atoms in total. The van der Waals surface area contributed by atoms with Crippen molar-refractivity contribution in [1.29, 1.82) is 0 Å². The molecular weight excluding hydrogens is 286 g/mol. The molecule has 0 radical (unpaired) electrons. The van der Waals surface area contributed by atoms with E-state index in [1.807, 2.05) is 0 Å². The summed E-state index contributed by atoms with van der Waals surface area (Å²) in [6.45, 7) is 6.88. The lowest BCUT2D eigenvalue weighted by atomic mass is 10.1. The predicted molar refractivity (Wildman–Crippen MR) is 80.8 cm³/mol. The summed E-state index contributed by atoms with van der Waals surface area (Å²) in [6.07, 6.45) is -1.06. The molecule has 22 heavy (non-hydrogen) atoms. The maximum atomic E-state index is 11.8. The SMILES string of the molecule is CC(CC(=O)OC(N)c1ccc(O)cc1)C(=O)OC(C)(C)C. The fourth-order valence-electron chi connectivity index (χ4n) is 1.66. The predicted octanol–water partition coefficient (Wildman–Crippen LogP) is 2.26. The van der Waals surface area contributed by atoms with Gasteiger partial charge in [0.15, 0.2) is 6.23 Å². The Balaban J connectivity index is 2.51. The second-order valence-corrected chi connectivity index (χ2v) is 6.14. The fourth-order valence-corrected chi connectivity index (χ4v) is 1.66. The molecule has 2 atom stereocenters. The smallest absolute Gasteiger partial charge is 0.309 e. The number of esters is 2. The van der Waals surface area contributed by atoms with Crippen LogP contribution in [-0.2, 0) is 19.1 Å². The highest BCUT2D eigenvalue weighted by Gasteiger charge is 2.25. The van der Waals surface area contributed by atoms with E-state index in [1.165, 1.54) is 12.1 Å². The van der Waals surface area contributed by atoms with Gasteiger partial charge in [0, 0.05) is 5.56 Å². The Labute approximate surface area is 130 Å². The fraction of sp³-hybridized carbons (Fsp3) is 0.500. The molecule has 0 aliphatic carbocycles. The molecule has 0 aliphatic rings. The van der Waals surface area contributed by atoms with Gasteiger partial charge in [0.05, 0.1) is 12.3 Å². The molecule has 0 amide bonds. The van der Waals surface area contributed by atoms with E-state index in [-0.39, 0.29) is 12.2 Å². The molecule has 0 spiro atoms. The average Bonchev–Trinajstić information content (AvgIpc) is 2.37. The van der Waals surface area contributed by atoms with Gasteiger partial charge in [-0.3, -0.25) is 15.3 Å². The summed E-state index contributed by atoms with van der Waals surface area (Å²) in [7, 11) is 0. The summed E-state index contributed by atoms with van der Waals surface area (Å²) in [4.78, 5) is 23.6. The Morgan fingerprint density at radius 2 is 1.77 bits per heavy atom. The Morgan fingerprint density at radius 3 is 2.27 bits per heavy atom. The van der Waals surface area contributed by atoms with E-state index in [0.29, 0.717) is 5.56 Å². The molecule has 2 unspecified atom stereocenters. The first-order valence-corrected chi connectivity index (χ1v) is 7.05. The van der Waals surface area contributed by atoms with Gasteiger partial charge in [-0.1, -0.05) is 19.1 Å². The molecule has 6 heteroatoms. The van der Waals surface area contributed by atoms with E-state index in [9.17, 15) is 14.7 Å². The Morgan fingerprint density at radius 1 is 1.23 bits per heavy atom. The van der Waals surface area contributed by atoms with Crippen LogP contribution in [0.5, 0.6) is 5.75 Å². The molecule has 0 aliphatic heterocycles. The maximum Gasteiger partial charge on any atom is 0.309 e. The third-order valence-corrected chi connectivity index (χ3v) is 2.76. The highest BCUT2D eigenvalue weighted by Crippen LogP contribution is 2.18. The van der Waals surface area contributed by atoms with Crippen molar-refractivity contribution in [3.63, 3.8) is 0 Å². The lowest BCUT2D eigenvalue weighted by molar-refractivity contribution is -0.164. The number of carbonyl (C=O) groups excluding carboxylic acids is 2. The Kier molecular flexibility index (Phi) is 5.93. The zero-order chi connectivity index (χ0) is 16.9. The van der Waals surface area contributed by atoms with Crippen molar-refractivity contribution in [2.24, 2.45) is 11.7 Å². The normalized spacial score (nSPS) is 14.0. The van der Waals surface area contributed by atoms with Crippen molar-refractivity contribution in [2.75, 3.05) is 0 Å². The van der Waals surface area contributed by atoms with E-state index in [2.05, 4.69) is 0 Å². The van der Waals surface area contributed by atoms with Gasteiger partial charge < -0.3 is 14.6 Å². The van der Waals surface area contributed by atoms with Crippen molar-refractivity contribution >= 4 is 11.9 Å². The van der Waals surface area contributed by atoms with Crippen LogP contribution in [0.4, 0.5) is 0 Å². The van der Waals surface area contributed by atoms with Crippen LogP contribution in [0.1, 0.15) is 45.9 Å². The monoisotopic (exact) mass is 309 g/mol. The number of carbonyl (C=O) groups is 2. The molecule has 1 rings (SSSR count). The molecule has 122 valence electrons. The average molecular weight is 309 g/mol. The van der Waals surface area contributed by atoms with E-state index in [0.717, 1.165) is 0 Å². The minimum Gasteiger partial charge on any atom is -0.508 e. The molecular formula is C16H23NO5. The van der Waals surface area contributed by atoms with Gasteiger partial charge in [0.1, 0.15) is 11.4 Å². The summed E-state index contributed by atoms with van der Waals surface area (Å²) in [5, 5.41) is 9.19.